The van der Waals surface area contributed by atoms with E-state index in [1.54, 1.807) is 21.9 Å². The molecule has 3 saturated heterocycles. The Morgan fingerprint density at radius 3 is 2.37 bits per heavy atom. The number of ether oxygens (including phenoxy) is 1. The van der Waals surface area contributed by atoms with E-state index in [9.17, 15) is 45.5 Å². The molecule has 0 bridgehead atoms. The Kier molecular flexibility index (Phi) is 10.9. The highest BCUT2D eigenvalue weighted by Crippen LogP contribution is 2.40. The van der Waals surface area contributed by atoms with Gasteiger partial charge in [-0.25, -0.2) is 0 Å². The lowest BCUT2D eigenvalue weighted by Gasteiger charge is -2.38. The number of imide groups is 1. The summed E-state index contributed by atoms with van der Waals surface area (Å²) in [6.45, 7) is 2.28. The number of piperidine rings is 2. The molecule has 3 fully saturated rings. The number of carbonyl (C=O) groups excluding carboxylic acids is 3. The van der Waals surface area contributed by atoms with Crippen LogP contribution in [-0.2, 0) is 34.2 Å². The number of aromatic nitrogens is 3. The smallest absolute Gasteiger partial charge is 0.405 e. The van der Waals surface area contributed by atoms with Gasteiger partial charge in [-0.3, -0.25) is 34.5 Å². The third kappa shape index (κ3) is 9.03. The summed E-state index contributed by atoms with van der Waals surface area (Å²) in [6, 6.07) is 7.52. The van der Waals surface area contributed by atoms with Gasteiger partial charge in [-0.15, -0.1) is 13.2 Å². The maximum absolute atomic E-state index is 14.2. The average molecular weight is 803 g/mol. The zero-order chi connectivity index (χ0) is 40.6. The fourth-order valence-electron chi connectivity index (χ4n) is 7.77. The van der Waals surface area contributed by atoms with Crippen molar-refractivity contribution >= 4 is 40.0 Å². The number of carbonyl (C=O) groups is 3. The van der Waals surface area contributed by atoms with Crippen molar-refractivity contribution in [2.45, 2.75) is 57.2 Å². The number of aryl methyl sites for hydroxylation is 1. The number of H-pyrrole nitrogens is 1. The molecule has 5 heterocycles. The Morgan fingerprint density at radius 2 is 1.68 bits per heavy atom. The van der Waals surface area contributed by atoms with Crippen molar-refractivity contribution in [1.82, 2.24) is 29.9 Å². The predicted molar refractivity (Wildman–Crippen MR) is 196 cm³/mol. The van der Waals surface area contributed by atoms with Crippen LogP contribution in [0.5, 0.6) is 5.75 Å². The summed E-state index contributed by atoms with van der Waals surface area (Å²) in [5, 5.41) is 12.0. The van der Waals surface area contributed by atoms with Crippen molar-refractivity contribution in [2.75, 3.05) is 49.5 Å². The van der Waals surface area contributed by atoms with Crippen LogP contribution in [0.25, 0.3) is 22.0 Å². The summed E-state index contributed by atoms with van der Waals surface area (Å²) in [5.74, 6) is -1.51. The van der Waals surface area contributed by atoms with E-state index in [4.69, 9.17) is 0 Å². The van der Waals surface area contributed by atoms with E-state index in [1.165, 1.54) is 42.2 Å². The molecular weight excluding hydrogens is 762 g/mol. The molecule has 2 aromatic carbocycles. The Balaban J connectivity index is 0.935. The predicted octanol–water partition coefficient (Wildman–Crippen LogP) is 5.01. The fraction of sp³-hybridized carbons (Fsp3) is 0.447. The second kappa shape index (κ2) is 15.7. The van der Waals surface area contributed by atoms with Crippen LogP contribution in [0.4, 0.5) is 37.7 Å². The number of pyridine rings is 1. The minimum Gasteiger partial charge on any atom is -0.405 e. The lowest BCUT2D eigenvalue weighted by atomic mass is 9.92. The number of alkyl halides is 6. The number of aromatic amines is 1. The van der Waals surface area contributed by atoms with Gasteiger partial charge in [0, 0.05) is 99.8 Å². The van der Waals surface area contributed by atoms with E-state index < -0.39 is 36.0 Å². The molecule has 1 atom stereocenters. The molecular formula is C38H40F6N8O5. The first-order chi connectivity index (χ1) is 27.0. The molecule has 7 rings (SSSR count). The zero-order valence-corrected chi connectivity index (χ0v) is 30.8. The minimum absolute atomic E-state index is 0.0120. The van der Waals surface area contributed by atoms with E-state index in [0.29, 0.717) is 74.2 Å². The normalized spacial score (nSPS) is 18.9. The van der Waals surface area contributed by atoms with Gasteiger partial charge in [0.05, 0.1) is 11.8 Å². The van der Waals surface area contributed by atoms with Gasteiger partial charge < -0.3 is 24.4 Å². The molecule has 0 spiro atoms. The highest BCUT2D eigenvalue weighted by atomic mass is 19.4. The number of hydrogen-bond donors (Lipinski definition) is 3. The van der Waals surface area contributed by atoms with Crippen LogP contribution in [0.15, 0.2) is 53.6 Å². The maximum Gasteiger partial charge on any atom is 0.573 e. The van der Waals surface area contributed by atoms with Gasteiger partial charge in [-0.2, -0.15) is 18.3 Å². The topological polar surface area (TPSA) is 145 Å². The highest BCUT2D eigenvalue weighted by molar-refractivity contribution is 6.01. The van der Waals surface area contributed by atoms with Gasteiger partial charge in [0.15, 0.2) is 0 Å². The molecule has 1 unspecified atom stereocenters. The second-order valence-corrected chi connectivity index (χ2v) is 14.7. The number of halogens is 6. The first-order valence-electron chi connectivity index (χ1n) is 18.5. The molecule has 0 radical (unpaired) electrons. The van der Waals surface area contributed by atoms with E-state index in [1.807, 2.05) is 4.90 Å². The van der Waals surface area contributed by atoms with Gasteiger partial charge in [0.25, 0.3) is 5.56 Å². The van der Waals surface area contributed by atoms with Crippen LogP contribution in [0.1, 0.15) is 43.2 Å². The van der Waals surface area contributed by atoms with Crippen LogP contribution in [-0.4, -0.2) is 94.0 Å². The van der Waals surface area contributed by atoms with Crippen molar-refractivity contribution in [3.8, 4) is 16.9 Å². The Labute approximate surface area is 321 Å². The number of hydrogen-bond acceptors (Lipinski definition) is 9. The fourth-order valence-corrected chi connectivity index (χ4v) is 7.77. The van der Waals surface area contributed by atoms with Gasteiger partial charge in [-0.1, -0.05) is 12.1 Å². The number of fused-ring (bicyclic) bond motifs is 1. The summed E-state index contributed by atoms with van der Waals surface area (Å²) in [7, 11) is 1.53. The molecule has 2 aromatic heterocycles. The van der Waals surface area contributed by atoms with Crippen molar-refractivity contribution in [1.29, 1.82) is 0 Å². The quantitative estimate of drug-likeness (QED) is 0.157. The number of anilines is 2. The number of nitrogens with zero attached hydrogens (tertiary/aromatic N) is 5. The van der Waals surface area contributed by atoms with Crippen molar-refractivity contribution in [2.24, 2.45) is 13.0 Å². The zero-order valence-electron chi connectivity index (χ0n) is 30.8. The van der Waals surface area contributed by atoms with E-state index in [-0.39, 0.29) is 65.8 Å². The van der Waals surface area contributed by atoms with E-state index in [2.05, 4.69) is 25.6 Å². The van der Waals surface area contributed by atoms with Crippen LogP contribution in [0.3, 0.4) is 0 Å². The molecule has 3 N–H and O–H groups in total. The summed E-state index contributed by atoms with van der Waals surface area (Å²) in [4.78, 5) is 54.7. The Morgan fingerprint density at radius 1 is 0.947 bits per heavy atom. The van der Waals surface area contributed by atoms with Gasteiger partial charge in [0.1, 0.15) is 17.3 Å². The third-order valence-corrected chi connectivity index (χ3v) is 10.8. The number of rotatable bonds is 9. The molecule has 57 heavy (non-hydrogen) atoms. The van der Waals surface area contributed by atoms with E-state index in [0.717, 1.165) is 6.07 Å². The molecule has 19 heteroatoms. The van der Waals surface area contributed by atoms with Crippen molar-refractivity contribution in [3.05, 3.63) is 70.3 Å². The van der Waals surface area contributed by atoms with Gasteiger partial charge in [-0.05, 0) is 55.0 Å². The van der Waals surface area contributed by atoms with Crippen LogP contribution in [0.2, 0.25) is 0 Å². The van der Waals surface area contributed by atoms with Gasteiger partial charge in [0.2, 0.25) is 17.7 Å². The number of piperazine rings is 1. The van der Waals surface area contributed by atoms with Crippen molar-refractivity contribution < 1.29 is 45.5 Å². The van der Waals surface area contributed by atoms with Crippen molar-refractivity contribution in [3.63, 3.8) is 0 Å². The number of amides is 3. The molecule has 0 aliphatic carbocycles. The maximum atomic E-state index is 14.2. The molecule has 304 valence electrons. The molecule has 4 aromatic rings. The molecule has 3 amide bonds. The summed E-state index contributed by atoms with van der Waals surface area (Å²) in [6.07, 6.45) is -5.16. The summed E-state index contributed by atoms with van der Waals surface area (Å²) in [5.41, 5.74) is 0.368. The highest BCUT2D eigenvalue weighted by Gasteiger charge is 2.37. The summed E-state index contributed by atoms with van der Waals surface area (Å²) >= 11 is 0. The lowest BCUT2D eigenvalue weighted by Crippen LogP contribution is -2.49. The molecule has 3 aliphatic rings. The van der Waals surface area contributed by atoms with Gasteiger partial charge >= 0.3 is 12.5 Å². The average Bonchev–Trinajstić information content (AvgIpc) is 3.65. The number of nitrogens with one attached hydrogen (secondary N) is 3. The monoisotopic (exact) mass is 802 g/mol. The third-order valence-electron chi connectivity index (χ3n) is 10.8. The summed E-state index contributed by atoms with van der Waals surface area (Å²) < 4.78 is 89.1. The minimum atomic E-state index is -4.95. The first kappa shape index (κ1) is 39.6. The largest absolute Gasteiger partial charge is 0.573 e. The van der Waals surface area contributed by atoms with Crippen LogP contribution < -0.4 is 25.8 Å². The van der Waals surface area contributed by atoms with Crippen LogP contribution in [0, 0.1) is 5.92 Å². The lowest BCUT2D eigenvalue weighted by molar-refractivity contribution is -0.275. The Bertz CT molecular complexity index is 2220. The molecule has 13 nitrogen and oxygen atoms in total. The molecule has 0 saturated carbocycles. The Hall–Kier alpha value is -5.59. The first-order valence-corrected chi connectivity index (χ1v) is 18.5. The van der Waals surface area contributed by atoms with E-state index >= 15 is 0 Å². The number of benzene rings is 2. The molecule has 3 aliphatic heterocycles. The second-order valence-electron chi connectivity index (χ2n) is 14.7. The SMILES string of the molecule is Cn1cc(-c2ccc(CN3CCN(C(=O)CC4CCN(c5ccc(NC6CCC(=O)NC6=O)cc5C(F)(F)F)CC4)CC3)c(OC(F)(F)F)c2)c2cn[nH]c2c1=O. The standard InChI is InChI=1S/C38H40F6N8O5/c1-49-21-27(26-19-45-48-34(26)36(49)56)23-2-3-24(31(17-23)57-38(42,43)44)20-50-12-14-52(15-13-50)33(54)16-22-8-10-51(11-9-22)30-6-4-25(18-28(30)37(39,40)41)46-29-5-7-32(53)47-35(29)55/h2-4,6,17-19,21-22,29,46H,5,7-16,20H2,1H3,(H,45,48)(H,47,53,55). The van der Waals surface area contributed by atoms with Crippen LogP contribution >= 0.6 is 0 Å².